The van der Waals surface area contributed by atoms with E-state index in [9.17, 15) is 42.3 Å². The number of carbonyl (C=O) groups excluding carboxylic acids is 7. The zero-order valence-corrected chi connectivity index (χ0v) is 74.5. The molecule has 0 radical (unpaired) electrons. The predicted octanol–water partition coefficient (Wildman–Crippen LogP) is 14.8. The molecule has 2 saturated heterocycles. The lowest BCUT2D eigenvalue weighted by Gasteiger charge is -2.38. The average Bonchev–Trinajstić information content (AvgIpc) is 1.64. The highest BCUT2D eigenvalue weighted by atomic mass is 32.1. The first-order valence-corrected chi connectivity index (χ1v) is 48.3. The fraction of sp³-hybridized carbons (Fsp3) is 0.702. The van der Waals surface area contributed by atoms with Gasteiger partial charge in [0.1, 0.15) is 42.3 Å². The van der Waals surface area contributed by atoms with Gasteiger partial charge in [-0.2, -0.15) is 0 Å². The Bertz CT molecular complexity index is 3800. The third kappa shape index (κ3) is 27.4. The number of amides is 6. The second-order valence-corrected chi connectivity index (χ2v) is 47.2. The first-order chi connectivity index (χ1) is 52.9. The monoisotopic (exact) mass is 1650 g/mol. The highest BCUT2D eigenvalue weighted by Gasteiger charge is 2.56. The lowest BCUT2D eigenvalue weighted by Crippen LogP contribution is -2.59. The Morgan fingerprint density at radius 3 is 1.27 bits per heavy atom. The minimum absolute atomic E-state index is 0.0206. The highest BCUT2D eigenvalue weighted by Crippen LogP contribution is 2.45. The van der Waals surface area contributed by atoms with E-state index in [1.165, 1.54) is 9.80 Å². The average molecular weight is 1650 g/mol. The van der Waals surface area contributed by atoms with Gasteiger partial charge in [0, 0.05) is 63.4 Å². The van der Waals surface area contributed by atoms with Crippen LogP contribution in [0.25, 0.3) is 20.9 Å². The maximum Gasteiger partial charge on any atom is 0.332 e. The second-order valence-electron chi connectivity index (χ2n) is 36.0. The van der Waals surface area contributed by atoms with Gasteiger partial charge in [-0.15, -0.1) is 22.7 Å². The number of hydrogen-bond acceptors (Lipinski definition) is 19. The molecule has 4 aromatic rings. The van der Waals surface area contributed by atoms with Crippen LogP contribution >= 0.6 is 22.7 Å². The van der Waals surface area contributed by atoms with Gasteiger partial charge >= 0.3 is 5.97 Å². The van der Waals surface area contributed by atoms with Crippen molar-refractivity contribution in [1.82, 2.24) is 41.0 Å². The fourth-order valence-electron chi connectivity index (χ4n) is 13.0. The van der Waals surface area contributed by atoms with Crippen LogP contribution in [0.1, 0.15) is 215 Å². The number of thiazole rings is 2. The standard InChI is InChI=1S/C43H67FN4O8SSi.C41H65FN4O7SSi/c1-11-54-35(49)27-53-21-15-13-12-14-16-22-55-34-23-30(36-29(2)46-28-57-36)17-18-31(34)25-45-38(50)33-24-32(56-58(9,10)42(6,7)8)26-48(33)39(51)37(41(3,4)5)47-40(52)43(44)19-20-43;1-28-34(54-27-44-28)29-15-16-30(33(23-29)52-21-14-12-10-11-13-20-51-22-19-47)25-43-36(48)32-24-31(53-55(8,9)40(5,6)7)26-46(32)37(49)35(39(2,3)4)45-38(50)41(42)17-18-41/h17-18,23,28,32-33,37H,11-16,19-22,24-27H2,1-10H3,(H,45,50)(H,47,52);15-16,23,27,31-32,35,47H,10-14,17-22,24-26H2,1-9H3,(H,43,48)(H,45,50)/t32-,33+,37-;31-,32+,35-/m11/s1. The molecule has 8 rings (SSSR count). The fourth-order valence-corrected chi connectivity index (χ4v) is 17.4. The summed E-state index contributed by atoms with van der Waals surface area (Å²) in [5, 5.41) is 20.3. The number of aryl methyl sites for hydroxylation is 2. The van der Waals surface area contributed by atoms with Crippen LogP contribution in [0.3, 0.4) is 0 Å². The number of nitrogens with zero attached hydrogens (tertiary/aromatic N) is 4. The van der Waals surface area contributed by atoms with Crippen molar-refractivity contribution in [1.29, 1.82) is 0 Å². The third-order valence-corrected chi connectivity index (χ3v) is 33.4. The molecule has 2 aromatic carbocycles. The molecule has 632 valence electrons. The molecular weight excluding hydrogens is 1520 g/mol. The minimum Gasteiger partial charge on any atom is -0.493 e. The number of likely N-dealkylation sites (tertiary alicyclic amines) is 2. The van der Waals surface area contributed by atoms with E-state index in [0.717, 1.165) is 108 Å². The smallest absolute Gasteiger partial charge is 0.332 e. The zero-order valence-electron chi connectivity index (χ0n) is 70.9. The number of hydrogen-bond donors (Lipinski definition) is 5. The Labute approximate surface area is 680 Å². The van der Waals surface area contributed by atoms with Crippen LogP contribution in [0.2, 0.25) is 36.3 Å². The Hall–Kier alpha value is -6.32. The summed E-state index contributed by atoms with van der Waals surface area (Å²) in [6.45, 7) is 41.8. The summed E-state index contributed by atoms with van der Waals surface area (Å²) in [5.74, 6) is -2.07. The molecule has 5 N–H and O–H groups in total. The number of benzene rings is 2. The SMILES string of the molecule is CCOC(=O)COCCCCCCCOc1cc(-c2scnc2C)ccc1CNC(=O)[C@@H]1C[C@@H](O[Si](C)(C)C(C)(C)C)CN1C(=O)[C@@H](NC(=O)C1(F)CC1)C(C)(C)C.Cc1ncsc1-c1ccc(CNC(=O)[C@@H]2C[C@@H](O[Si](C)(C)C(C)(C)C)CN2C(=O)[C@@H](NC(=O)C2(F)CC2)C(C)(C)C)c(OCCCCCCCOCCO)c1. The van der Waals surface area contributed by atoms with Crippen molar-refractivity contribution in [2.75, 3.05) is 65.9 Å². The lowest BCUT2D eigenvalue weighted by molar-refractivity contribution is -0.148. The summed E-state index contributed by atoms with van der Waals surface area (Å²) >= 11 is 3.12. The van der Waals surface area contributed by atoms with E-state index < -0.39 is 86.6 Å². The minimum atomic E-state index is -2.28. The molecular formula is C84H132F2N8O15S2Si2. The molecule has 23 nitrogen and oxygen atoms in total. The van der Waals surface area contributed by atoms with Gasteiger partial charge in [0.15, 0.2) is 28.0 Å². The Kier molecular flexibility index (Phi) is 34.2. The van der Waals surface area contributed by atoms with Gasteiger partial charge in [-0.3, -0.25) is 28.8 Å². The van der Waals surface area contributed by atoms with Crippen LogP contribution in [0.5, 0.6) is 11.5 Å². The van der Waals surface area contributed by atoms with Crippen molar-refractivity contribution in [2.45, 2.75) is 304 Å². The zero-order chi connectivity index (χ0) is 83.5. The van der Waals surface area contributed by atoms with Crippen LogP contribution in [0.4, 0.5) is 8.78 Å². The summed E-state index contributed by atoms with van der Waals surface area (Å²) < 4.78 is 71.5. The Balaban J connectivity index is 0.000000314. The van der Waals surface area contributed by atoms with E-state index in [-0.39, 0.29) is 105 Å². The molecule has 2 aromatic heterocycles. The van der Waals surface area contributed by atoms with E-state index in [2.05, 4.69) is 99.0 Å². The lowest BCUT2D eigenvalue weighted by atomic mass is 9.85. The van der Waals surface area contributed by atoms with E-state index in [4.69, 9.17) is 37.6 Å². The molecule has 0 bridgehead atoms. The first-order valence-electron chi connectivity index (χ1n) is 40.7. The van der Waals surface area contributed by atoms with Crippen molar-refractivity contribution in [3.8, 4) is 32.4 Å². The molecule has 2 saturated carbocycles. The maximum absolute atomic E-state index is 14.8. The normalized spacial score (nSPS) is 18.7. The summed E-state index contributed by atoms with van der Waals surface area (Å²) in [6, 6.07) is 8.15. The molecule has 4 heterocycles. The molecule has 0 spiro atoms. The van der Waals surface area contributed by atoms with Crippen LogP contribution in [0.15, 0.2) is 47.4 Å². The topological polar surface area (TPSA) is 285 Å². The number of esters is 1. The number of halogens is 2. The summed E-state index contributed by atoms with van der Waals surface area (Å²) in [6.07, 6.45) is 9.96. The number of carbonyl (C=O) groups is 7. The second kappa shape index (κ2) is 41.2. The summed E-state index contributed by atoms with van der Waals surface area (Å²) in [7, 11) is -4.55. The molecule has 4 aliphatic rings. The van der Waals surface area contributed by atoms with Gasteiger partial charge in [-0.1, -0.05) is 146 Å². The maximum atomic E-state index is 14.8. The van der Waals surface area contributed by atoms with Gasteiger partial charge in [0.05, 0.1) is 77.4 Å². The van der Waals surface area contributed by atoms with Gasteiger partial charge < -0.3 is 68.7 Å². The van der Waals surface area contributed by atoms with Crippen molar-refractivity contribution < 1.29 is 80.0 Å². The highest BCUT2D eigenvalue weighted by molar-refractivity contribution is 7.13. The Morgan fingerprint density at radius 2 is 0.929 bits per heavy atom. The first kappa shape index (κ1) is 93.8. The Morgan fingerprint density at radius 1 is 0.558 bits per heavy atom. The molecule has 29 heteroatoms. The molecule has 2 aliphatic heterocycles. The van der Waals surface area contributed by atoms with E-state index in [0.29, 0.717) is 64.0 Å². The summed E-state index contributed by atoms with van der Waals surface area (Å²) in [5.41, 5.74) is 3.68. The van der Waals surface area contributed by atoms with Crippen molar-refractivity contribution in [3.05, 3.63) is 69.9 Å². The predicted molar refractivity (Wildman–Crippen MR) is 444 cm³/mol. The number of aliphatic hydroxyl groups excluding tert-OH is 1. The number of rotatable bonds is 41. The number of alkyl halides is 2. The quantitative estimate of drug-likeness (QED) is 0.0157. The van der Waals surface area contributed by atoms with E-state index >= 15 is 0 Å². The van der Waals surface area contributed by atoms with Gasteiger partial charge in [0.25, 0.3) is 11.8 Å². The molecule has 6 amide bonds. The number of nitrogens with one attached hydrogen (secondary N) is 4. The molecule has 4 fully saturated rings. The van der Waals surface area contributed by atoms with Gasteiger partial charge in [0.2, 0.25) is 23.6 Å². The van der Waals surface area contributed by atoms with Gasteiger partial charge in [-0.25, -0.2) is 23.5 Å². The number of ether oxygens (including phenoxy) is 5. The number of aromatic nitrogens is 2. The summed E-state index contributed by atoms with van der Waals surface area (Å²) in [4.78, 5) is 108. The van der Waals surface area contributed by atoms with Crippen LogP contribution in [0, 0.1) is 24.7 Å². The van der Waals surface area contributed by atoms with Crippen molar-refractivity contribution in [3.63, 3.8) is 0 Å². The van der Waals surface area contributed by atoms with Gasteiger partial charge in [-0.05, 0) is 142 Å². The molecule has 2 aliphatic carbocycles. The molecule has 6 atom stereocenters. The van der Waals surface area contributed by atoms with Crippen LogP contribution in [-0.2, 0) is 69.7 Å². The number of aliphatic hydroxyl groups is 1. The largest absolute Gasteiger partial charge is 0.493 e. The molecule has 0 unspecified atom stereocenters. The van der Waals surface area contributed by atoms with Crippen molar-refractivity contribution >= 4 is 80.7 Å². The molecule has 113 heavy (non-hydrogen) atoms. The van der Waals surface area contributed by atoms with E-state index in [1.54, 1.807) is 29.6 Å². The third-order valence-electron chi connectivity index (χ3n) is 22.4. The number of unbranched alkanes of at least 4 members (excludes halogenated alkanes) is 8. The van der Waals surface area contributed by atoms with E-state index in [1.807, 2.05) is 103 Å². The van der Waals surface area contributed by atoms with Crippen molar-refractivity contribution in [2.24, 2.45) is 10.8 Å². The van der Waals surface area contributed by atoms with Crippen LogP contribution < -0.4 is 30.7 Å². The van der Waals surface area contributed by atoms with Crippen LogP contribution in [-0.4, -0.2) is 197 Å².